The zero-order valence-electron chi connectivity index (χ0n) is 14.1. The minimum atomic E-state index is 0.145. The SMILES string of the molecule is CCC(N)Cc1c(-c2ccccc2)nn(C)c1Sc1ccccc1. The van der Waals surface area contributed by atoms with Crippen LogP contribution in [-0.2, 0) is 13.5 Å². The molecule has 24 heavy (non-hydrogen) atoms. The maximum absolute atomic E-state index is 6.28. The molecule has 0 radical (unpaired) electrons. The fourth-order valence-electron chi connectivity index (χ4n) is 2.70. The van der Waals surface area contributed by atoms with Crippen LogP contribution in [0.2, 0.25) is 0 Å². The van der Waals surface area contributed by atoms with Crippen LogP contribution < -0.4 is 5.73 Å². The van der Waals surface area contributed by atoms with Crippen molar-refractivity contribution in [2.24, 2.45) is 12.8 Å². The number of hydrogen-bond donors (Lipinski definition) is 1. The Bertz CT molecular complexity index is 781. The number of rotatable bonds is 6. The summed E-state index contributed by atoms with van der Waals surface area (Å²) in [6.07, 6.45) is 1.79. The molecular formula is C20H23N3S. The summed E-state index contributed by atoms with van der Waals surface area (Å²) in [5.41, 5.74) is 9.71. The van der Waals surface area contributed by atoms with Crippen LogP contribution in [0.1, 0.15) is 18.9 Å². The number of aryl methyl sites for hydroxylation is 1. The van der Waals surface area contributed by atoms with Crippen LogP contribution in [0.3, 0.4) is 0 Å². The summed E-state index contributed by atoms with van der Waals surface area (Å²) in [4.78, 5) is 1.21. The zero-order chi connectivity index (χ0) is 16.9. The Balaban J connectivity index is 2.05. The summed E-state index contributed by atoms with van der Waals surface area (Å²) >= 11 is 1.75. The van der Waals surface area contributed by atoms with Crippen molar-refractivity contribution in [1.82, 2.24) is 9.78 Å². The van der Waals surface area contributed by atoms with Crippen LogP contribution in [0.4, 0.5) is 0 Å². The lowest BCUT2D eigenvalue weighted by Crippen LogP contribution is -2.21. The number of hydrogen-bond acceptors (Lipinski definition) is 3. The van der Waals surface area contributed by atoms with Gasteiger partial charge in [0.1, 0.15) is 5.03 Å². The lowest BCUT2D eigenvalue weighted by atomic mass is 10.0. The highest BCUT2D eigenvalue weighted by molar-refractivity contribution is 7.99. The molecule has 0 aliphatic rings. The summed E-state index contributed by atoms with van der Waals surface area (Å²) in [7, 11) is 2.01. The second-order valence-electron chi connectivity index (χ2n) is 5.91. The van der Waals surface area contributed by atoms with E-state index in [9.17, 15) is 0 Å². The van der Waals surface area contributed by atoms with Gasteiger partial charge in [0.15, 0.2) is 0 Å². The van der Waals surface area contributed by atoms with Gasteiger partial charge < -0.3 is 5.73 Å². The largest absolute Gasteiger partial charge is 0.327 e. The number of benzene rings is 2. The number of nitrogens with zero attached hydrogens (tertiary/aromatic N) is 2. The van der Waals surface area contributed by atoms with E-state index in [0.717, 1.165) is 24.1 Å². The Kier molecular flexibility index (Phi) is 5.38. The predicted octanol–water partition coefficient (Wildman–Crippen LogP) is 4.52. The van der Waals surface area contributed by atoms with Gasteiger partial charge >= 0.3 is 0 Å². The third-order valence-electron chi connectivity index (χ3n) is 4.08. The molecule has 1 unspecified atom stereocenters. The third kappa shape index (κ3) is 3.71. The highest BCUT2D eigenvalue weighted by Gasteiger charge is 2.20. The van der Waals surface area contributed by atoms with Gasteiger partial charge in [-0.2, -0.15) is 5.10 Å². The van der Waals surface area contributed by atoms with Crippen LogP contribution in [0.5, 0.6) is 0 Å². The maximum Gasteiger partial charge on any atom is 0.102 e. The lowest BCUT2D eigenvalue weighted by molar-refractivity contribution is 0.631. The van der Waals surface area contributed by atoms with Crippen LogP contribution in [0.25, 0.3) is 11.3 Å². The Hall–Kier alpha value is -2.04. The average molecular weight is 337 g/mol. The van der Waals surface area contributed by atoms with E-state index in [0.29, 0.717) is 0 Å². The van der Waals surface area contributed by atoms with Gasteiger partial charge in [0.05, 0.1) is 5.69 Å². The van der Waals surface area contributed by atoms with Crippen molar-refractivity contribution in [1.29, 1.82) is 0 Å². The highest BCUT2D eigenvalue weighted by atomic mass is 32.2. The van der Waals surface area contributed by atoms with E-state index < -0.39 is 0 Å². The second-order valence-corrected chi connectivity index (χ2v) is 6.97. The molecule has 3 nitrogen and oxygen atoms in total. The van der Waals surface area contributed by atoms with Crippen molar-refractivity contribution >= 4 is 11.8 Å². The molecule has 0 amide bonds. The molecule has 2 N–H and O–H groups in total. The van der Waals surface area contributed by atoms with Crippen LogP contribution in [0.15, 0.2) is 70.6 Å². The molecule has 0 spiro atoms. The molecule has 1 atom stereocenters. The van der Waals surface area contributed by atoms with E-state index in [1.807, 2.05) is 23.9 Å². The van der Waals surface area contributed by atoms with Gasteiger partial charge in [-0.15, -0.1) is 0 Å². The monoisotopic (exact) mass is 337 g/mol. The quantitative estimate of drug-likeness (QED) is 0.719. The van der Waals surface area contributed by atoms with Gasteiger partial charge in [0, 0.05) is 29.1 Å². The molecule has 0 bridgehead atoms. The van der Waals surface area contributed by atoms with Crippen LogP contribution in [-0.4, -0.2) is 15.8 Å². The molecule has 124 valence electrons. The molecule has 2 aromatic carbocycles. The first-order valence-electron chi connectivity index (χ1n) is 8.28. The molecule has 0 fully saturated rings. The fourth-order valence-corrected chi connectivity index (χ4v) is 3.69. The summed E-state index contributed by atoms with van der Waals surface area (Å²) in [6, 6.07) is 20.9. The van der Waals surface area contributed by atoms with E-state index in [2.05, 4.69) is 55.5 Å². The normalized spacial score (nSPS) is 12.3. The first-order valence-corrected chi connectivity index (χ1v) is 9.10. The number of aromatic nitrogens is 2. The van der Waals surface area contributed by atoms with Crippen molar-refractivity contribution in [2.45, 2.75) is 35.7 Å². The van der Waals surface area contributed by atoms with Crippen molar-refractivity contribution < 1.29 is 0 Å². The Morgan fingerprint density at radius 2 is 1.67 bits per heavy atom. The van der Waals surface area contributed by atoms with Gasteiger partial charge in [0.2, 0.25) is 0 Å². The van der Waals surface area contributed by atoms with Crippen LogP contribution >= 0.6 is 11.8 Å². The standard InChI is InChI=1S/C20H23N3S/c1-3-16(21)14-18-19(15-10-6-4-7-11-15)22-23(2)20(18)24-17-12-8-5-9-13-17/h4-13,16H,3,14,21H2,1-2H3. The minimum Gasteiger partial charge on any atom is -0.327 e. The van der Waals surface area contributed by atoms with Gasteiger partial charge in [-0.05, 0) is 25.0 Å². The van der Waals surface area contributed by atoms with Crippen molar-refractivity contribution in [3.8, 4) is 11.3 Å². The van der Waals surface area contributed by atoms with Crippen molar-refractivity contribution in [3.63, 3.8) is 0 Å². The molecule has 4 heteroatoms. The molecule has 1 aromatic heterocycles. The zero-order valence-corrected chi connectivity index (χ0v) is 15.0. The van der Waals surface area contributed by atoms with E-state index in [1.165, 1.54) is 15.5 Å². The van der Waals surface area contributed by atoms with E-state index in [1.54, 1.807) is 11.8 Å². The topological polar surface area (TPSA) is 43.8 Å². The predicted molar refractivity (Wildman–Crippen MR) is 101 cm³/mol. The molecule has 3 rings (SSSR count). The fraction of sp³-hybridized carbons (Fsp3) is 0.250. The van der Waals surface area contributed by atoms with Gasteiger partial charge in [-0.25, -0.2) is 0 Å². The molecule has 0 saturated carbocycles. The maximum atomic E-state index is 6.28. The first kappa shape index (κ1) is 16.8. The number of nitrogens with two attached hydrogens (primary N) is 1. The van der Waals surface area contributed by atoms with Crippen molar-refractivity contribution in [3.05, 3.63) is 66.2 Å². The molecule has 0 aliphatic heterocycles. The summed E-state index contributed by atoms with van der Waals surface area (Å²) in [5, 5.41) is 5.97. The molecule has 3 aromatic rings. The van der Waals surface area contributed by atoms with E-state index in [4.69, 9.17) is 10.8 Å². The summed E-state index contributed by atoms with van der Waals surface area (Å²) in [6.45, 7) is 2.13. The average Bonchev–Trinajstić information content (AvgIpc) is 2.92. The van der Waals surface area contributed by atoms with Gasteiger partial charge in [-0.1, -0.05) is 67.2 Å². The molecule has 1 heterocycles. The summed E-state index contributed by atoms with van der Waals surface area (Å²) < 4.78 is 1.98. The molecular weight excluding hydrogens is 314 g/mol. The Morgan fingerprint density at radius 1 is 1.04 bits per heavy atom. The first-order chi connectivity index (χ1) is 11.7. The van der Waals surface area contributed by atoms with Gasteiger partial charge in [-0.3, -0.25) is 4.68 Å². The van der Waals surface area contributed by atoms with Crippen LogP contribution in [0, 0.1) is 0 Å². The summed E-state index contributed by atoms with van der Waals surface area (Å²) in [5.74, 6) is 0. The molecule has 0 saturated heterocycles. The minimum absolute atomic E-state index is 0.145. The third-order valence-corrected chi connectivity index (χ3v) is 5.30. The molecule has 0 aliphatic carbocycles. The Morgan fingerprint density at radius 3 is 2.29 bits per heavy atom. The smallest absolute Gasteiger partial charge is 0.102 e. The second kappa shape index (κ2) is 7.69. The Labute approximate surface area is 147 Å². The van der Waals surface area contributed by atoms with E-state index >= 15 is 0 Å². The van der Waals surface area contributed by atoms with Gasteiger partial charge in [0.25, 0.3) is 0 Å². The lowest BCUT2D eigenvalue weighted by Gasteiger charge is -2.12. The van der Waals surface area contributed by atoms with Crippen molar-refractivity contribution in [2.75, 3.05) is 0 Å². The van der Waals surface area contributed by atoms with E-state index in [-0.39, 0.29) is 6.04 Å². The highest BCUT2D eigenvalue weighted by Crippen LogP contribution is 2.36.